The van der Waals surface area contributed by atoms with Crippen LogP contribution in [0.1, 0.15) is 36.6 Å². The number of halogens is 6. The Morgan fingerprint density at radius 3 is 2.00 bits per heavy atom. The fourth-order valence-corrected chi connectivity index (χ4v) is 3.68. The van der Waals surface area contributed by atoms with Crippen LogP contribution in [0.4, 0.5) is 26.3 Å². The lowest BCUT2D eigenvalue weighted by Gasteiger charge is -2.33. The molecule has 10 heteroatoms. The molecule has 0 aliphatic heterocycles. The van der Waals surface area contributed by atoms with Gasteiger partial charge in [-0.2, -0.15) is 26.3 Å². The number of benzene rings is 2. The quantitative estimate of drug-likeness (QED) is 0.583. The summed E-state index contributed by atoms with van der Waals surface area (Å²) in [4.78, 5) is 17.6. The van der Waals surface area contributed by atoms with Crippen molar-refractivity contribution < 1.29 is 31.4 Å². The molecule has 0 unspecified atom stereocenters. The summed E-state index contributed by atoms with van der Waals surface area (Å²) in [5.41, 5.74) is -6.35. The maximum Gasteiger partial charge on any atom is 0.430 e. The number of hydrogen-bond donors (Lipinski definition) is 1. The van der Waals surface area contributed by atoms with Gasteiger partial charge in [0.05, 0.1) is 16.6 Å². The number of alkyl halides is 6. The Labute approximate surface area is 171 Å². The van der Waals surface area contributed by atoms with Gasteiger partial charge in [0.2, 0.25) is 0 Å². The highest BCUT2D eigenvalue weighted by atomic mass is 19.4. The zero-order valence-electron chi connectivity index (χ0n) is 15.8. The van der Waals surface area contributed by atoms with Crippen molar-refractivity contribution in [1.82, 2.24) is 9.55 Å². The van der Waals surface area contributed by atoms with Crippen LogP contribution in [-0.4, -0.2) is 27.0 Å². The van der Waals surface area contributed by atoms with Crippen LogP contribution in [0.5, 0.6) is 0 Å². The van der Waals surface area contributed by atoms with Gasteiger partial charge in [-0.1, -0.05) is 30.7 Å². The minimum atomic E-state index is -5.98. The molecule has 1 aromatic heterocycles. The summed E-state index contributed by atoms with van der Waals surface area (Å²) in [6.45, 7) is 0. The van der Waals surface area contributed by atoms with Crippen molar-refractivity contribution in [2.24, 2.45) is 0 Å². The SMILES string of the molecule is O=c1c2ccccc2nc(C2CCC2)n1-c1ccc(C(O)(C(F)(F)F)C(F)(F)F)cc1. The summed E-state index contributed by atoms with van der Waals surface area (Å²) >= 11 is 0. The smallest absolute Gasteiger partial charge is 0.369 e. The molecule has 4 nitrogen and oxygen atoms in total. The van der Waals surface area contributed by atoms with Crippen LogP contribution in [0, 0.1) is 0 Å². The van der Waals surface area contributed by atoms with E-state index in [1.165, 1.54) is 4.57 Å². The fraction of sp³-hybridized carbons (Fsp3) is 0.333. The van der Waals surface area contributed by atoms with Crippen LogP contribution in [0.2, 0.25) is 0 Å². The normalized spacial score (nSPS) is 15.8. The van der Waals surface area contributed by atoms with Gasteiger partial charge in [0, 0.05) is 11.5 Å². The number of hydrogen-bond acceptors (Lipinski definition) is 3. The number of aromatic nitrogens is 2. The Morgan fingerprint density at radius 1 is 0.903 bits per heavy atom. The average Bonchev–Trinajstić information content (AvgIpc) is 2.65. The first-order valence-corrected chi connectivity index (χ1v) is 9.43. The van der Waals surface area contributed by atoms with E-state index in [1.54, 1.807) is 24.3 Å². The Bertz CT molecular complexity index is 1160. The summed E-state index contributed by atoms with van der Waals surface area (Å²) in [7, 11) is 0. The molecule has 1 heterocycles. The fourth-order valence-electron chi connectivity index (χ4n) is 3.68. The second-order valence-corrected chi connectivity index (χ2v) is 7.51. The zero-order valence-corrected chi connectivity index (χ0v) is 15.8. The van der Waals surface area contributed by atoms with E-state index in [0.717, 1.165) is 31.4 Å². The molecule has 1 saturated carbocycles. The third-order valence-corrected chi connectivity index (χ3v) is 5.64. The summed E-state index contributed by atoms with van der Waals surface area (Å²) in [6.07, 6.45) is -9.50. The Hall–Kier alpha value is -2.88. The Balaban J connectivity index is 1.88. The molecule has 0 amide bonds. The van der Waals surface area contributed by atoms with Gasteiger partial charge in [-0.05, 0) is 37.1 Å². The lowest BCUT2D eigenvalue weighted by Crippen LogP contribution is -2.53. The summed E-state index contributed by atoms with van der Waals surface area (Å²) in [6, 6.07) is 9.54. The third-order valence-electron chi connectivity index (χ3n) is 5.64. The first-order valence-electron chi connectivity index (χ1n) is 9.43. The van der Waals surface area contributed by atoms with Crippen molar-refractivity contribution in [3.05, 3.63) is 70.3 Å². The van der Waals surface area contributed by atoms with Crippen LogP contribution in [0.3, 0.4) is 0 Å². The number of rotatable bonds is 3. The molecule has 0 spiro atoms. The monoisotopic (exact) mass is 442 g/mol. The molecule has 3 aromatic rings. The van der Waals surface area contributed by atoms with Gasteiger partial charge in [-0.25, -0.2) is 4.98 Å². The third kappa shape index (κ3) is 3.29. The van der Waals surface area contributed by atoms with Gasteiger partial charge in [-0.3, -0.25) is 9.36 Å². The predicted molar refractivity (Wildman–Crippen MR) is 99.9 cm³/mol. The van der Waals surface area contributed by atoms with E-state index in [-0.39, 0.29) is 17.0 Å². The molecule has 0 saturated heterocycles. The predicted octanol–water partition coefficient (Wildman–Crippen LogP) is 4.97. The standard InChI is InChI=1S/C21H16F6N2O2/c22-20(23,24)19(31,21(25,26)27)13-8-10-14(11-9-13)29-17(12-4-3-5-12)28-16-7-2-1-6-15(16)18(29)30/h1-2,6-12,31H,3-5H2. The van der Waals surface area contributed by atoms with Crippen molar-refractivity contribution in [2.75, 3.05) is 0 Å². The van der Waals surface area contributed by atoms with Gasteiger partial charge < -0.3 is 5.11 Å². The van der Waals surface area contributed by atoms with E-state index in [2.05, 4.69) is 4.98 Å². The minimum absolute atomic E-state index is 0.0423. The number of aliphatic hydroxyl groups is 1. The highest BCUT2D eigenvalue weighted by molar-refractivity contribution is 5.78. The molecule has 1 aliphatic rings. The minimum Gasteiger partial charge on any atom is -0.369 e. The molecule has 1 aliphatic carbocycles. The average molecular weight is 442 g/mol. The van der Waals surface area contributed by atoms with Crippen molar-refractivity contribution in [1.29, 1.82) is 0 Å². The highest BCUT2D eigenvalue weighted by Gasteiger charge is 2.71. The topological polar surface area (TPSA) is 55.1 Å². The van der Waals surface area contributed by atoms with Gasteiger partial charge in [0.15, 0.2) is 0 Å². The summed E-state index contributed by atoms with van der Waals surface area (Å²) in [5.74, 6) is 0.365. The number of fused-ring (bicyclic) bond motifs is 1. The van der Waals surface area contributed by atoms with Crippen LogP contribution in [0.25, 0.3) is 16.6 Å². The van der Waals surface area contributed by atoms with Gasteiger partial charge >= 0.3 is 12.4 Å². The zero-order chi connectivity index (χ0) is 22.6. The van der Waals surface area contributed by atoms with Crippen LogP contribution < -0.4 is 5.56 Å². The molecular formula is C21H16F6N2O2. The van der Waals surface area contributed by atoms with E-state index < -0.39 is 29.1 Å². The van der Waals surface area contributed by atoms with E-state index in [1.807, 2.05) is 0 Å². The molecule has 164 valence electrons. The molecular weight excluding hydrogens is 426 g/mol. The summed E-state index contributed by atoms with van der Waals surface area (Å²) in [5, 5.41) is 9.85. The molecule has 0 radical (unpaired) electrons. The second kappa shape index (κ2) is 7.08. The van der Waals surface area contributed by atoms with Crippen molar-refractivity contribution in [2.45, 2.75) is 43.1 Å². The molecule has 1 fully saturated rings. The Kier molecular flexibility index (Phi) is 4.88. The lowest BCUT2D eigenvalue weighted by molar-refractivity contribution is -0.376. The van der Waals surface area contributed by atoms with E-state index >= 15 is 0 Å². The second-order valence-electron chi connectivity index (χ2n) is 7.51. The van der Waals surface area contributed by atoms with Crippen molar-refractivity contribution in [3.8, 4) is 5.69 Å². The molecule has 0 bridgehead atoms. The van der Waals surface area contributed by atoms with E-state index in [0.29, 0.717) is 23.5 Å². The van der Waals surface area contributed by atoms with Gasteiger partial charge in [-0.15, -0.1) is 0 Å². The van der Waals surface area contributed by atoms with Crippen LogP contribution in [-0.2, 0) is 5.60 Å². The maximum absolute atomic E-state index is 13.1. The molecule has 0 atom stereocenters. The van der Waals surface area contributed by atoms with Gasteiger partial charge in [0.25, 0.3) is 11.2 Å². The number of nitrogens with zero attached hydrogens (tertiary/aromatic N) is 2. The molecule has 2 aromatic carbocycles. The summed E-state index contributed by atoms with van der Waals surface area (Å²) < 4.78 is 80.0. The van der Waals surface area contributed by atoms with E-state index in [4.69, 9.17) is 0 Å². The first-order chi connectivity index (χ1) is 14.4. The Morgan fingerprint density at radius 2 is 1.48 bits per heavy atom. The maximum atomic E-state index is 13.1. The highest BCUT2D eigenvalue weighted by Crippen LogP contribution is 2.50. The van der Waals surface area contributed by atoms with Crippen LogP contribution >= 0.6 is 0 Å². The van der Waals surface area contributed by atoms with Gasteiger partial charge in [0.1, 0.15) is 5.82 Å². The van der Waals surface area contributed by atoms with E-state index in [9.17, 15) is 36.2 Å². The van der Waals surface area contributed by atoms with Crippen molar-refractivity contribution >= 4 is 10.9 Å². The molecule has 4 rings (SSSR count). The van der Waals surface area contributed by atoms with Crippen molar-refractivity contribution in [3.63, 3.8) is 0 Å². The first kappa shape index (κ1) is 21.4. The number of para-hydroxylation sites is 1. The van der Waals surface area contributed by atoms with Crippen LogP contribution in [0.15, 0.2) is 53.3 Å². The lowest BCUT2D eigenvalue weighted by atomic mass is 9.84. The molecule has 31 heavy (non-hydrogen) atoms. The largest absolute Gasteiger partial charge is 0.430 e. The molecule has 1 N–H and O–H groups in total.